The number of halogens is 2. The summed E-state index contributed by atoms with van der Waals surface area (Å²) in [5.74, 6) is 0.979. The lowest BCUT2D eigenvalue weighted by Crippen LogP contribution is -2.21. The molecule has 2 rings (SSSR count). The van der Waals surface area contributed by atoms with E-state index in [1.165, 1.54) is 0 Å². The number of imidazole rings is 1. The minimum Gasteiger partial charge on any atom is -0.383 e. The van der Waals surface area contributed by atoms with E-state index >= 15 is 0 Å². The van der Waals surface area contributed by atoms with Crippen molar-refractivity contribution < 1.29 is 4.74 Å². The standard InChI is InChI=1S/C14H17Cl2N3O/c1-20-7-5-17-9-14-18-4-6-19(14)10-11-2-3-12(15)13(16)8-11/h2-4,6,8,17H,5,7,9-10H2,1H3. The van der Waals surface area contributed by atoms with Crippen molar-refractivity contribution in [2.75, 3.05) is 20.3 Å². The predicted molar refractivity (Wildman–Crippen MR) is 81.4 cm³/mol. The number of nitrogens with zero attached hydrogens (tertiary/aromatic N) is 2. The predicted octanol–water partition coefficient (Wildman–Crippen LogP) is 2.97. The Hall–Kier alpha value is -1.07. The van der Waals surface area contributed by atoms with Crippen LogP contribution < -0.4 is 5.32 Å². The van der Waals surface area contributed by atoms with Crippen LogP contribution in [0, 0.1) is 0 Å². The average molecular weight is 314 g/mol. The Morgan fingerprint density at radius 2 is 2.15 bits per heavy atom. The number of nitrogens with one attached hydrogen (secondary N) is 1. The zero-order chi connectivity index (χ0) is 14.4. The summed E-state index contributed by atoms with van der Waals surface area (Å²) in [6.07, 6.45) is 3.75. The van der Waals surface area contributed by atoms with Gasteiger partial charge in [-0.25, -0.2) is 4.98 Å². The maximum Gasteiger partial charge on any atom is 0.122 e. The topological polar surface area (TPSA) is 39.1 Å². The summed E-state index contributed by atoms with van der Waals surface area (Å²) in [7, 11) is 1.69. The van der Waals surface area contributed by atoms with Crippen LogP contribution in [0.4, 0.5) is 0 Å². The van der Waals surface area contributed by atoms with Gasteiger partial charge in [-0.1, -0.05) is 29.3 Å². The highest BCUT2D eigenvalue weighted by Crippen LogP contribution is 2.23. The van der Waals surface area contributed by atoms with E-state index in [1.807, 2.05) is 24.4 Å². The molecule has 0 saturated heterocycles. The summed E-state index contributed by atoms with van der Waals surface area (Å²) in [5, 5.41) is 4.42. The Morgan fingerprint density at radius 1 is 1.30 bits per heavy atom. The van der Waals surface area contributed by atoms with Gasteiger partial charge in [-0.3, -0.25) is 0 Å². The van der Waals surface area contributed by atoms with Crippen molar-refractivity contribution in [3.63, 3.8) is 0 Å². The van der Waals surface area contributed by atoms with Crippen LogP contribution >= 0.6 is 23.2 Å². The van der Waals surface area contributed by atoms with Crippen molar-refractivity contribution in [1.29, 1.82) is 0 Å². The molecule has 4 nitrogen and oxygen atoms in total. The zero-order valence-corrected chi connectivity index (χ0v) is 12.8. The molecular weight excluding hydrogens is 297 g/mol. The highest BCUT2D eigenvalue weighted by molar-refractivity contribution is 6.42. The molecule has 0 bridgehead atoms. The van der Waals surface area contributed by atoms with Crippen molar-refractivity contribution in [3.05, 3.63) is 52.0 Å². The largest absolute Gasteiger partial charge is 0.383 e. The first-order valence-electron chi connectivity index (χ1n) is 6.34. The van der Waals surface area contributed by atoms with E-state index in [9.17, 15) is 0 Å². The van der Waals surface area contributed by atoms with Crippen LogP contribution in [0.1, 0.15) is 11.4 Å². The summed E-state index contributed by atoms with van der Waals surface area (Å²) in [5.41, 5.74) is 1.09. The number of methoxy groups -OCH3 is 1. The van der Waals surface area contributed by atoms with Gasteiger partial charge >= 0.3 is 0 Å². The smallest absolute Gasteiger partial charge is 0.122 e. The quantitative estimate of drug-likeness (QED) is 0.799. The number of hydrogen-bond acceptors (Lipinski definition) is 3. The molecule has 0 spiro atoms. The molecule has 0 fully saturated rings. The molecule has 1 aromatic carbocycles. The minimum atomic E-state index is 0.572. The first-order chi connectivity index (χ1) is 9.70. The van der Waals surface area contributed by atoms with E-state index in [1.54, 1.807) is 13.3 Å². The van der Waals surface area contributed by atoms with E-state index in [-0.39, 0.29) is 0 Å². The van der Waals surface area contributed by atoms with E-state index in [0.29, 0.717) is 23.2 Å². The summed E-state index contributed by atoms with van der Waals surface area (Å²) in [6.45, 7) is 2.92. The fourth-order valence-electron chi connectivity index (χ4n) is 1.86. The summed E-state index contributed by atoms with van der Waals surface area (Å²) >= 11 is 11.9. The van der Waals surface area contributed by atoms with Gasteiger partial charge in [-0.15, -0.1) is 0 Å². The van der Waals surface area contributed by atoms with E-state index in [0.717, 1.165) is 24.5 Å². The number of aromatic nitrogens is 2. The van der Waals surface area contributed by atoms with E-state index in [2.05, 4.69) is 14.9 Å². The van der Waals surface area contributed by atoms with Crippen LogP contribution in [0.25, 0.3) is 0 Å². The number of ether oxygens (including phenoxy) is 1. The Labute approximate surface area is 128 Å². The van der Waals surface area contributed by atoms with Gasteiger partial charge < -0.3 is 14.6 Å². The molecule has 1 heterocycles. The molecule has 0 saturated carbocycles. The second kappa shape index (κ2) is 7.64. The van der Waals surface area contributed by atoms with Gasteiger partial charge in [0.1, 0.15) is 5.82 Å². The first kappa shape index (κ1) is 15.3. The Balaban J connectivity index is 1.99. The molecule has 0 unspecified atom stereocenters. The van der Waals surface area contributed by atoms with Gasteiger partial charge in [0.05, 0.1) is 23.2 Å². The highest BCUT2D eigenvalue weighted by Gasteiger charge is 2.05. The third kappa shape index (κ3) is 4.21. The van der Waals surface area contributed by atoms with Crippen molar-refractivity contribution in [1.82, 2.24) is 14.9 Å². The van der Waals surface area contributed by atoms with Crippen LogP contribution in [-0.4, -0.2) is 29.8 Å². The van der Waals surface area contributed by atoms with E-state index in [4.69, 9.17) is 27.9 Å². The van der Waals surface area contributed by atoms with Crippen LogP contribution in [0.15, 0.2) is 30.6 Å². The molecule has 6 heteroatoms. The molecule has 1 aromatic heterocycles. The van der Waals surface area contributed by atoms with Crippen molar-refractivity contribution >= 4 is 23.2 Å². The number of benzene rings is 1. The maximum absolute atomic E-state index is 6.03. The van der Waals surface area contributed by atoms with Crippen LogP contribution in [0.5, 0.6) is 0 Å². The minimum absolute atomic E-state index is 0.572. The second-order valence-corrected chi connectivity index (χ2v) is 5.20. The van der Waals surface area contributed by atoms with E-state index < -0.39 is 0 Å². The van der Waals surface area contributed by atoms with Gasteiger partial charge in [0, 0.05) is 32.6 Å². The number of rotatable bonds is 7. The Bertz CT molecular complexity index is 557. The monoisotopic (exact) mass is 313 g/mol. The molecular formula is C14H17Cl2N3O. The van der Waals surface area contributed by atoms with Crippen LogP contribution in [0.2, 0.25) is 10.0 Å². The molecule has 0 amide bonds. The van der Waals surface area contributed by atoms with Crippen molar-refractivity contribution in [3.8, 4) is 0 Å². The molecule has 108 valence electrons. The maximum atomic E-state index is 6.03. The van der Waals surface area contributed by atoms with Crippen molar-refractivity contribution in [2.24, 2.45) is 0 Å². The van der Waals surface area contributed by atoms with Gasteiger partial charge in [-0.05, 0) is 17.7 Å². The molecule has 0 aliphatic rings. The van der Waals surface area contributed by atoms with Crippen molar-refractivity contribution in [2.45, 2.75) is 13.1 Å². The fourth-order valence-corrected chi connectivity index (χ4v) is 2.18. The Morgan fingerprint density at radius 3 is 2.90 bits per heavy atom. The van der Waals surface area contributed by atoms with Gasteiger partial charge in [0.25, 0.3) is 0 Å². The average Bonchev–Trinajstić information content (AvgIpc) is 2.86. The SMILES string of the molecule is COCCNCc1nccn1Cc1ccc(Cl)c(Cl)c1. The molecule has 20 heavy (non-hydrogen) atoms. The number of hydrogen-bond donors (Lipinski definition) is 1. The zero-order valence-electron chi connectivity index (χ0n) is 11.3. The molecule has 0 aliphatic carbocycles. The second-order valence-electron chi connectivity index (χ2n) is 4.39. The molecule has 0 aliphatic heterocycles. The third-order valence-electron chi connectivity index (χ3n) is 2.90. The molecule has 0 atom stereocenters. The first-order valence-corrected chi connectivity index (χ1v) is 7.10. The normalized spacial score (nSPS) is 10.9. The fraction of sp³-hybridized carbons (Fsp3) is 0.357. The molecule has 0 radical (unpaired) electrons. The lowest BCUT2D eigenvalue weighted by molar-refractivity contribution is 0.199. The lowest BCUT2D eigenvalue weighted by atomic mass is 10.2. The molecule has 1 N–H and O–H groups in total. The van der Waals surface area contributed by atoms with Gasteiger partial charge in [0.2, 0.25) is 0 Å². The summed E-state index contributed by atoms with van der Waals surface area (Å²) in [4.78, 5) is 4.35. The summed E-state index contributed by atoms with van der Waals surface area (Å²) in [6, 6.07) is 5.66. The Kier molecular flexibility index (Phi) is 5.86. The molecule has 2 aromatic rings. The van der Waals surface area contributed by atoms with Gasteiger partial charge in [0.15, 0.2) is 0 Å². The lowest BCUT2D eigenvalue weighted by Gasteiger charge is -2.09. The third-order valence-corrected chi connectivity index (χ3v) is 3.64. The van der Waals surface area contributed by atoms with Crippen LogP contribution in [-0.2, 0) is 17.8 Å². The summed E-state index contributed by atoms with van der Waals surface area (Å²) < 4.78 is 7.08. The van der Waals surface area contributed by atoms with Gasteiger partial charge in [-0.2, -0.15) is 0 Å². The highest BCUT2D eigenvalue weighted by atomic mass is 35.5. The van der Waals surface area contributed by atoms with Crippen LogP contribution in [0.3, 0.4) is 0 Å².